The van der Waals surface area contributed by atoms with Crippen molar-refractivity contribution in [3.05, 3.63) is 34.1 Å². The first-order valence-electron chi connectivity index (χ1n) is 6.46. The van der Waals surface area contributed by atoms with Crippen molar-refractivity contribution in [2.75, 3.05) is 6.54 Å². The number of hydrogen-bond donors (Lipinski definition) is 2. The van der Waals surface area contributed by atoms with Gasteiger partial charge in [0.25, 0.3) is 5.91 Å². The number of rotatable bonds is 6. The third kappa shape index (κ3) is 5.28. The van der Waals surface area contributed by atoms with Crippen LogP contribution in [0.25, 0.3) is 0 Å². The topological polar surface area (TPSA) is 58.2 Å². The van der Waals surface area contributed by atoms with Gasteiger partial charge < -0.3 is 10.6 Å². The molecule has 4 nitrogen and oxygen atoms in total. The lowest BCUT2D eigenvalue weighted by Crippen LogP contribution is -2.35. The third-order valence-corrected chi connectivity index (χ3v) is 3.49. The normalized spacial score (nSPS) is 11.8. The van der Waals surface area contributed by atoms with Crippen LogP contribution in [0.1, 0.15) is 37.0 Å². The summed E-state index contributed by atoms with van der Waals surface area (Å²) in [4.78, 5) is 23.4. The van der Waals surface area contributed by atoms with Crippen LogP contribution in [-0.4, -0.2) is 24.4 Å². The Morgan fingerprint density at radius 2 is 2.10 bits per heavy atom. The molecule has 0 saturated heterocycles. The summed E-state index contributed by atoms with van der Waals surface area (Å²) in [7, 11) is 0. The highest BCUT2D eigenvalue weighted by atomic mass is 79.9. The van der Waals surface area contributed by atoms with E-state index < -0.39 is 5.82 Å². The number of carbonyl (C=O) groups excluding carboxylic acids is 2. The number of hydrogen-bond acceptors (Lipinski definition) is 2. The predicted molar refractivity (Wildman–Crippen MR) is 78.9 cm³/mol. The lowest BCUT2D eigenvalue weighted by atomic mass is 10.2. The van der Waals surface area contributed by atoms with Crippen molar-refractivity contribution < 1.29 is 14.0 Å². The molecule has 1 aromatic rings. The van der Waals surface area contributed by atoms with Gasteiger partial charge in [-0.1, -0.05) is 6.92 Å². The predicted octanol–water partition coefficient (Wildman–Crippen LogP) is 2.62. The van der Waals surface area contributed by atoms with Gasteiger partial charge in [-0.25, -0.2) is 4.39 Å². The van der Waals surface area contributed by atoms with Crippen molar-refractivity contribution in [2.45, 2.75) is 32.7 Å². The minimum Gasteiger partial charge on any atom is -0.354 e. The largest absolute Gasteiger partial charge is 0.354 e. The summed E-state index contributed by atoms with van der Waals surface area (Å²) in [6, 6.07) is 3.97. The molecule has 1 atom stereocenters. The van der Waals surface area contributed by atoms with E-state index in [0.717, 1.165) is 6.42 Å². The molecule has 0 radical (unpaired) electrons. The molecule has 0 aromatic heterocycles. The lowest BCUT2D eigenvalue weighted by molar-refractivity contribution is -0.121. The molecule has 0 saturated carbocycles. The van der Waals surface area contributed by atoms with Crippen LogP contribution >= 0.6 is 15.9 Å². The molecule has 0 fully saturated rings. The zero-order valence-electron chi connectivity index (χ0n) is 11.5. The van der Waals surface area contributed by atoms with Crippen LogP contribution in [0.3, 0.4) is 0 Å². The van der Waals surface area contributed by atoms with Gasteiger partial charge in [0.2, 0.25) is 5.91 Å². The van der Waals surface area contributed by atoms with E-state index in [-0.39, 0.29) is 30.8 Å². The summed E-state index contributed by atoms with van der Waals surface area (Å²) < 4.78 is 13.3. The molecule has 20 heavy (non-hydrogen) atoms. The average Bonchev–Trinajstić information content (AvgIpc) is 2.38. The maximum atomic E-state index is 12.9. The van der Waals surface area contributed by atoms with Gasteiger partial charge in [-0.05, 0) is 47.5 Å². The molecule has 1 rings (SSSR count). The van der Waals surface area contributed by atoms with Gasteiger partial charge in [0.1, 0.15) is 5.82 Å². The average molecular weight is 345 g/mol. The molecule has 0 spiro atoms. The van der Waals surface area contributed by atoms with Crippen molar-refractivity contribution in [3.8, 4) is 0 Å². The maximum Gasteiger partial charge on any atom is 0.252 e. The van der Waals surface area contributed by atoms with Crippen LogP contribution in [0.2, 0.25) is 0 Å². The van der Waals surface area contributed by atoms with Crippen molar-refractivity contribution in [1.82, 2.24) is 10.6 Å². The van der Waals surface area contributed by atoms with E-state index >= 15 is 0 Å². The number of carbonyl (C=O) groups is 2. The molecule has 6 heteroatoms. The van der Waals surface area contributed by atoms with Crippen LogP contribution in [0.5, 0.6) is 0 Å². The van der Waals surface area contributed by atoms with Crippen molar-refractivity contribution >= 4 is 27.7 Å². The van der Waals surface area contributed by atoms with E-state index in [2.05, 4.69) is 26.6 Å². The van der Waals surface area contributed by atoms with E-state index in [1.807, 2.05) is 13.8 Å². The first-order chi connectivity index (χ1) is 9.43. The highest BCUT2D eigenvalue weighted by Gasteiger charge is 2.11. The molecular formula is C14H18BrFN2O2. The highest BCUT2D eigenvalue weighted by molar-refractivity contribution is 9.10. The summed E-state index contributed by atoms with van der Waals surface area (Å²) in [5, 5.41) is 5.44. The fraction of sp³-hybridized carbons (Fsp3) is 0.429. The molecule has 110 valence electrons. The van der Waals surface area contributed by atoms with Crippen LogP contribution < -0.4 is 10.6 Å². The lowest BCUT2D eigenvalue weighted by Gasteiger charge is -2.11. The Bertz CT molecular complexity index is 494. The third-order valence-electron chi connectivity index (χ3n) is 2.83. The Morgan fingerprint density at radius 1 is 1.40 bits per heavy atom. The SMILES string of the molecule is CCC(C)NC(=O)CCNC(=O)c1ccc(F)cc1Br. The molecule has 0 aliphatic heterocycles. The fourth-order valence-electron chi connectivity index (χ4n) is 1.51. The summed E-state index contributed by atoms with van der Waals surface area (Å²) in [5.74, 6) is -0.854. The Hall–Kier alpha value is -1.43. The Morgan fingerprint density at radius 3 is 2.70 bits per heavy atom. The molecule has 0 bridgehead atoms. The molecule has 0 heterocycles. The van der Waals surface area contributed by atoms with Gasteiger partial charge >= 0.3 is 0 Å². The van der Waals surface area contributed by atoms with Gasteiger partial charge in [-0.15, -0.1) is 0 Å². The zero-order chi connectivity index (χ0) is 15.1. The maximum absolute atomic E-state index is 12.9. The van der Waals surface area contributed by atoms with E-state index in [0.29, 0.717) is 10.0 Å². The number of halogens is 2. The quantitative estimate of drug-likeness (QED) is 0.833. The first kappa shape index (κ1) is 16.6. The van der Waals surface area contributed by atoms with E-state index in [9.17, 15) is 14.0 Å². The van der Waals surface area contributed by atoms with Gasteiger partial charge in [0.05, 0.1) is 5.56 Å². The minimum atomic E-state index is -0.415. The van der Waals surface area contributed by atoms with Crippen molar-refractivity contribution in [2.24, 2.45) is 0 Å². The molecule has 0 aliphatic rings. The van der Waals surface area contributed by atoms with Gasteiger partial charge in [-0.3, -0.25) is 9.59 Å². The van der Waals surface area contributed by atoms with Gasteiger partial charge in [0, 0.05) is 23.5 Å². The van der Waals surface area contributed by atoms with E-state index in [1.54, 1.807) is 0 Å². The minimum absolute atomic E-state index is 0.0992. The van der Waals surface area contributed by atoms with Crippen LogP contribution in [0.4, 0.5) is 4.39 Å². The number of amides is 2. The summed E-state index contributed by atoms with van der Waals surface area (Å²) in [5.41, 5.74) is 0.341. The highest BCUT2D eigenvalue weighted by Crippen LogP contribution is 2.17. The molecular weight excluding hydrogens is 327 g/mol. The first-order valence-corrected chi connectivity index (χ1v) is 7.26. The summed E-state index contributed by atoms with van der Waals surface area (Å²) >= 11 is 3.13. The molecule has 0 aliphatic carbocycles. The Balaban J connectivity index is 2.42. The van der Waals surface area contributed by atoms with Crippen LogP contribution in [0.15, 0.2) is 22.7 Å². The Kier molecular flexibility index (Phi) is 6.64. The van der Waals surface area contributed by atoms with E-state index in [1.165, 1.54) is 18.2 Å². The molecule has 2 N–H and O–H groups in total. The molecule has 2 amide bonds. The van der Waals surface area contributed by atoms with Gasteiger partial charge in [-0.2, -0.15) is 0 Å². The number of nitrogens with one attached hydrogen (secondary N) is 2. The van der Waals surface area contributed by atoms with Crippen LogP contribution in [-0.2, 0) is 4.79 Å². The van der Waals surface area contributed by atoms with Gasteiger partial charge in [0.15, 0.2) is 0 Å². The molecule has 1 aromatic carbocycles. The second-order valence-electron chi connectivity index (χ2n) is 4.51. The van der Waals surface area contributed by atoms with Crippen molar-refractivity contribution in [1.29, 1.82) is 0 Å². The monoisotopic (exact) mass is 344 g/mol. The van der Waals surface area contributed by atoms with Crippen LogP contribution in [0, 0.1) is 5.82 Å². The smallest absolute Gasteiger partial charge is 0.252 e. The van der Waals surface area contributed by atoms with E-state index in [4.69, 9.17) is 0 Å². The summed E-state index contributed by atoms with van der Waals surface area (Å²) in [6.07, 6.45) is 1.08. The zero-order valence-corrected chi connectivity index (χ0v) is 13.1. The standard InChI is InChI=1S/C14H18BrFN2O2/c1-3-9(2)18-13(19)6-7-17-14(20)11-5-4-10(16)8-12(11)15/h4-5,8-9H,3,6-7H2,1-2H3,(H,17,20)(H,18,19). The second-order valence-corrected chi connectivity index (χ2v) is 5.36. The Labute approximate surface area is 126 Å². The summed E-state index contributed by atoms with van der Waals surface area (Å²) in [6.45, 7) is 4.15. The second kappa shape index (κ2) is 7.99. The fourth-order valence-corrected chi connectivity index (χ4v) is 2.04. The molecule has 1 unspecified atom stereocenters. The number of benzene rings is 1. The van der Waals surface area contributed by atoms with Crippen molar-refractivity contribution in [3.63, 3.8) is 0 Å².